The molecule has 0 saturated carbocycles. The monoisotopic (exact) mass is 915 g/mol. The molecule has 6 heteroatoms. The van der Waals surface area contributed by atoms with E-state index in [1.54, 1.807) is 0 Å². The van der Waals surface area contributed by atoms with Gasteiger partial charge in [0, 0.05) is 19.3 Å². The van der Waals surface area contributed by atoms with Crippen molar-refractivity contribution >= 4 is 17.9 Å². The number of hydrogen-bond acceptors (Lipinski definition) is 6. The van der Waals surface area contributed by atoms with Crippen LogP contribution in [0.1, 0.15) is 316 Å². The first kappa shape index (κ1) is 62.9. The van der Waals surface area contributed by atoms with E-state index >= 15 is 0 Å². The second-order valence-corrected chi connectivity index (χ2v) is 19.6. The fourth-order valence-corrected chi connectivity index (χ4v) is 8.59. The van der Waals surface area contributed by atoms with Crippen LogP contribution in [0.4, 0.5) is 0 Å². The van der Waals surface area contributed by atoms with Gasteiger partial charge in [-0.05, 0) is 51.4 Å². The van der Waals surface area contributed by atoms with Gasteiger partial charge in [-0.1, -0.05) is 270 Å². The van der Waals surface area contributed by atoms with Gasteiger partial charge in [0.15, 0.2) is 6.10 Å². The van der Waals surface area contributed by atoms with E-state index in [0.717, 1.165) is 64.2 Å². The fourth-order valence-electron chi connectivity index (χ4n) is 8.59. The third kappa shape index (κ3) is 52.7. The maximum absolute atomic E-state index is 12.9. The lowest BCUT2D eigenvalue weighted by Crippen LogP contribution is -2.30. The molecule has 0 aliphatic heterocycles. The van der Waals surface area contributed by atoms with Gasteiger partial charge in [0.1, 0.15) is 13.2 Å². The molecule has 1 atom stereocenters. The highest BCUT2D eigenvalue weighted by Crippen LogP contribution is 2.17. The molecule has 0 fully saturated rings. The second kappa shape index (κ2) is 54.5. The summed E-state index contributed by atoms with van der Waals surface area (Å²) in [7, 11) is 0. The second-order valence-electron chi connectivity index (χ2n) is 19.6. The number of carbonyl (C=O) groups excluding carboxylic acids is 3. The zero-order valence-corrected chi connectivity index (χ0v) is 43.8. The van der Waals surface area contributed by atoms with Crippen LogP contribution in [0.5, 0.6) is 0 Å². The molecule has 0 saturated heterocycles. The molecule has 0 aromatic rings. The normalized spacial score (nSPS) is 12.1. The Labute approximate surface area is 404 Å². The van der Waals surface area contributed by atoms with E-state index in [4.69, 9.17) is 14.2 Å². The smallest absolute Gasteiger partial charge is 0.306 e. The summed E-state index contributed by atoms with van der Waals surface area (Å²) in [6.45, 7) is 6.66. The third-order valence-corrected chi connectivity index (χ3v) is 13.0. The Hall–Kier alpha value is -2.11. The molecule has 0 aliphatic carbocycles. The van der Waals surface area contributed by atoms with Gasteiger partial charge >= 0.3 is 17.9 Å². The van der Waals surface area contributed by atoms with Crippen LogP contribution in [0.3, 0.4) is 0 Å². The SMILES string of the molecule is CCCCC/C=C\C/C=C\CCCCCCCCCCCC(=O)O[C@@H](COC(=O)CCCCCCCCCCCCCCC)COC(=O)CCCCCCCCCCCCCCCCC. The van der Waals surface area contributed by atoms with E-state index in [1.807, 2.05) is 0 Å². The quantitative estimate of drug-likeness (QED) is 0.0262. The van der Waals surface area contributed by atoms with Crippen molar-refractivity contribution < 1.29 is 28.6 Å². The van der Waals surface area contributed by atoms with Crippen molar-refractivity contribution in [1.82, 2.24) is 0 Å². The van der Waals surface area contributed by atoms with Gasteiger partial charge in [-0.25, -0.2) is 0 Å². The van der Waals surface area contributed by atoms with Gasteiger partial charge in [-0.15, -0.1) is 0 Å². The number of carbonyl (C=O) groups is 3. The average molecular weight is 916 g/mol. The predicted molar refractivity (Wildman–Crippen MR) is 279 cm³/mol. The van der Waals surface area contributed by atoms with Crippen LogP contribution in [0, 0.1) is 0 Å². The average Bonchev–Trinajstić information content (AvgIpc) is 3.30. The molecule has 0 unspecified atom stereocenters. The topological polar surface area (TPSA) is 78.9 Å². The number of hydrogen-bond donors (Lipinski definition) is 0. The van der Waals surface area contributed by atoms with Gasteiger partial charge in [0.25, 0.3) is 0 Å². The fraction of sp³-hybridized carbons (Fsp3) is 0.881. The Morgan fingerprint density at radius 1 is 0.308 bits per heavy atom. The molecular weight excluding hydrogens is 805 g/mol. The lowest BCUT2D eigenvalue weighted by molar-refractivity contribution is -0.167. The largest absolute Gasteiger partial charge is 0.462 e. The molecule has 0 spiro atoms. The first-order chi connectivity index (χ1) is 32.0. The zero-order chi connectivity index (χ0) is 47.2. The highest BCUT2D eigenvalue weighted by atomic mass is 16.6. The van der Waals surface area contributed by atoms with Gasteiger partial charge < -0.3 is 14.2 Å². The summed E-state index contributed by atoms with van der Waals surface area (Å²) >= 11 is 0. The Kier molecular flexibility index (Phi) is 52.7. The van der Waals surface area contributed by atoms with Crippen LogP contribution in [0.15, 0.2) is 24.3 Å². The van der Waals surface area contributed by atoms with Crippen LogP contribution >= 0.6 is 0 Å². The number of allylic oxidation sites excluding steroid dienone is 4. The molecule has 0 bridgehead atoms. The minimum absolute atomic E-state index is 0.0673. The van der Waals surface area contributed by atoms with Crippen LogP contribution in [-0.2, 0) is 28.6 Å². The maximum atomic E-state index is 12.9. The molecule has 0 N–H and O–H groups in total. The van der Waals surface area contributed by atoms with Crippen LogP contribution in [0.25, 0.3) is 0 Å². The summed E-state index contributed by atoms with van der Waals surface area (Å²) in [6.07, 6.45) is 63.0. The van der Waals surface area contributed by atoms with E-state index < -0.39 is 6.10 Å². The van der Waals surface area contributed by atoms with Gasteiger partial charge in [-0.2, -0.15) is 0 Å². The summed E-state index contributed by atoms with van der Waals surface area (Å²) in [5.74, 6) is -0.850. The molecule has 0 radical (unpaired) electrons. The minimum atomic E-state index is -0.768. The van der Waals surface area contributed by atoms with Gasteiger partial charge in [0.05, 0.1) is 0 Å². The molecule has 382 valence electrons. The van der Waals surface area contributed by atoms with Crippen molar-refractivity contribution in [3.8, 4) is 0 Å². The van der Waals surface area contributed by atoms with E-state index in [1.165, 1.54) is 212 Å². The summed E-state index contributed by atoms with van der Waals surface area (Å²) in [5, 5.41) is 0. The van der Waals surface area contributed by atoms with Crippen molar-refractivity contribution in [3.63, 3.8) is 0 Å². The van der Waals surface area contributed by atoms with Crippen LogP contribution in [0.2, 0.25) is 0 Å². The Balaban J connectivity index is 4.32. The number of unbranched alkanes of at least 4 members (excludes halogenated alkanes) is 38. The Bertz CT molecular complexity index is 1050. The lowest BCUT2D eigenvalue weighted by atomic mass is 10.0. The van der Waals surface area contributed by atoms with Gasteiger partial charge in [0.2, 0.25) is 0 Å². The zero-order valence-electron chi connectivity index (χ0n) is 43.8. The van der Waals surface area contributed by atoms with E-state index in [2.05, 4.69) is 45.1 Å². The summed E-state index contributed by atoms with van der Waals surface area (Å²) < 4.78 is 16.9. The molecule has 0 amide bonds. The molecule has 0 heterocycles. The molecule has 0 aliphatic rings. The Morgan fingerprint density at radius 3 is 0.877 bits per heavy atom. The predicted octanol–water partition coefficient (Wildman–Crippen LogP) is 19.1. The van der Waals surface area contributed by atoms with Crippen molar-refractivity contribution in [1.29, 1.82) is 0 Å². The molecular formula is C59H110O6. The number of rotatable bonds is 53. The molecule has 0 aromatic carbocycles. The van der Waals surface area contributed by atoms with Crippen molar-refractivity contribution in [3.05, 3.63) is 24.3 Å². The summed E-state index contributed by atoms with van der Waals surface area (Å²) in [6, 6.07) is 0. The molecule has 0 aromatic heterocycles. The van der Waals surface area contributed by atoms with Crippen molar-refractivity contribution in [2.75, 3.05) is 13.2 Å². The first-order valence-electron chi connectivity index (χ1n) is 28.8. The standard InChI is InChI=1S/C59H110O6/c1-4-7-10-13-16-19-22-25-27-28-29-30-32-35-38-41-44-47-50-53-59(62)65-56(54-63-57(60)51-48-45-42-39-36-33-24-21-18-15-12-9-6-3)55-64-58(61)52-49-46-43-40-37-34-31-26-23-20-17-14-11-8-5-2/h16,19,25,27,56H,4-15,17-18,20-24,26,28-55H2,1-3H3/b19-16-,27-25-/t56-/m0/s1. The number of esters is 3. The first-order valence-corrected chi connectivity index (χ1v) is 28.8. The Morgan fingerprint density at radius 2 is 0.554 bits per heavy atom. The molecule has 65 heavy (non-hydrogen) atoms. The van der Waals surface area contributed by atoms with Crippen LogP contribution < -0.4 is 0 Å². The highest BCUT2D eigenvalue weighted by molar-refractivity contribution is 5.71. The van der Waals surface area contributed by atoms with Crippen LogP contribution in [-0.4, -0.2) is 37.2 Å². The molecule has 6 nitrogen and oxygen atoms in total. The van der Waals surface area contributed by atoms with E-state index in [9.17, 15) is 14.4 Å². The summed E-state index contributed by atoms with van der Waals surface area (Å²) in [5.41, 5.74) is 0. The summed E-state index contributed by atoms with van der Waals surface area (Å²) in [4.78, 5) is 38.1. The minimum Gasteiger partial charge on any atom is -0.462 e. The van der Waals surface area contributed by atoms with E-state index in [-0.39, 0.29) is 31.1 Å². The lowest BCUT2D eigenvalue weighted by Gasteiger charge is -2.18. The highest BCUT2D eigenvalue weighted by Gasteiger charge is 2.19. The third-order valence-electron chi connectivity index (χ3n) is 13.0. The molecule has 0 rings (SSSR count). The number of ether oxygens (including phenoxy) is 3. The van der Waals surface area contributed by atoms with Crippen molar-refractivity contribution in [2.45, 2.75) is 322 Å². The maximum Gasteiger partial charge on any atom is 0.306 e. The van der Waals surface area contributed by atoms with Crippen molar-refractivity contribution in [2.24, 2.45) is 0 Å². The van der Waals surface area contributed by atoms with E-state index in [0.29, 0.717) is 19.3 Å². The van der Waals surface area contributed by atoms with Gasteiger partial charge in [-0.3, -0.25) is 14.4 Å².